The SMILES string of the molecule is Cc1ccccc1-c1ccc(-c2cccc(Br)c2)cc1/C=C\c1ccc2c(c1)C(c1ccccc1)(c1ccccc1)c1ccccc1-2. The summed E-state index contributed by atoms with van der Waals surface area (Å²) in [6.45, 7) is 2.19. The maximum absolute atomic E-state index is 3.66. The lowest BCUT2D eigenvalue weighted by atomic mass is 9.67. The third kappa shape index (κ3) is 5.08. The van der Waals surface area contributed by atoms with Gasteiger partial charge in [0, 0.05) is 4.47 Å². The summed E-state index contributed by atoms with van der Waals surface area (Å²) in [5.74, 6) is 0. The Morgan fingerprint density at radius 3 is 1.79 bits per heavy atom. The van der Waals surface area contributed by atoms with Crippen LogP contribution in [-0.2, 0) is 5.41 Å². The van der Waals surface area contributed by atoms with Crippen LogP contribution in [0.1, 0.15) is 38.9 Å². The van der Waals surface area contributed by atoms with E-state index in [4.69, 9.17) is 0 Å². The van der Waals surface area contributed by atoms with Gasteiger partial charge in [-0.1, -0.05) is 174 Å². The summed E-state index contributed by atoms with van der Waals surface area (Å²) in [6.07, 6.45) is 4.58. The van der Waals surface area contributed by atoms with Crippen molar-refractivity contribution < 1.29 is 0 Å². The molecule has 0 spiro atoms. The van der Waals surface area contributed by atoms with Crippen molar-refractivity contribution in [2.75, 3.05) is 0 Å². The molecule has 0 aliphatic heterocycles. The average molecular weight is 666 g/mol. The zero-order valence-corrected chi connectivity index (χ0v) is 27.8. The van der Waals surface area contributed by atoms with Gasteiger partial charge < -0.3 is 0 Å². The molecular weight excluding hydrogens is 632 g/mol. The predicted molar refractivity (Wildman–Crippen MR) is 202 cm³/mol. The molecule has 1 aliphatic carbocycles. The molecule has 0 saturated heterocycles. The van der Waals surface area contributed by atoms with Crippen molar-refractivity contribution in [1.29, 1.82) is 0 Å². The summed E-state index contributed by atoms with van der Waals surface area (Å²) in [6, 6.07) is 61.9. The largest absolute Gasteiger partial charge is 0.0713 e. The van der Waals surface area contributed by atoms with Crippen LogP contribution in [0.15, 0.2) is 174 Å². The van der Waals surface area contributed by atoms with Crippen LogP contribution in [0.4, 0.5) is 0 Å². The smallest absolute Gasteiger partial charge is 0.0622 e. The van der Waals surface area contributed by atoms with E-state index in [-0.39, 0.29) is 0 Å². The van der Waals surface area contributed by atoms with Crippen LogP contribution in [0, 0.1) is 6.92 Å². The number of halogens is 1. The number of hydrogen-bond donors (Lipinski definition) is 0. The first kappa shape index (κ1) is 29.2. The minimum Gasteiger partial charge on any atom is -0.0622 e. The Kier molecular flexibility index (Phi) is 7.56. The van der Waals surface area contributed by atoms with E-state index in [0.717, 1.165) is 4.47 Å². The Labute approximate surface area is 285 Å². The van der Waals surface area contributed by atoms with Gasteiger partial charge in [-0.15, -0.1) is 0 Å². The molecule has 0 unspecified atom stereocenters. The molecule has 0 fully saturated rings. The third-order valence-electron chi connectivity index (χ3n) is 9.58. The Balaban J connectivity index is 1.31. The number of aryl methyl sites for hydroxylation is 1. The second-order valence-electron chi connectivity index (χ2n) is 12.3. The highest BCUT2D eigenvalue weighted by Gasteiger charge is 2.45. The lowest BCUT2D eigenvalue weighted by Gasteiger charge is -2.34. The molecular formula is C46H33Br. The minimum atomic E-state index is -0.411. The van der Waals surface area contributed by atoms with E-state index in [1.165, 1.54) is 72.3 Å². The van der Waals surface area contributed by atoms with E-state index < -0.39 is 5.41 Å². The molecule has 1 aliphatic rings. The molecule has 1 heteroatoms. The fourth-order valence-electron chi connectivity index (χ4n) is 7.42. The van der Waals surface area contributed by atoms with Crippen molar-refractivity contribution in [3.05, 3.63) is 213 Å². The van der Waals surface area contributed by atoms with Gasteiger partial charge in [0.1, 0.15) is 0 Å². The van der Waals surface area contributed by atoms with Gasteiger partial charge >= 0.3 is 0 Å². The molecule has 224 valence electrons. The summed E-state index contributed by atoms with van der Waals surface area (Å²) < 4.78 is 1.08. The molecule has 0 N–H and O–H groups in total. The van der Waals surface area contributed by atoms with Crippen LogP contribution in [-0.4, -0.2) is 0 Å². The summed E-state index contributed by atoms with van der Waals surface area (Å²) >= 11 is 3.66. The van der Waals surface area contributed by atoms with Crippen LogP contribution >= 0.6 is 15.9 Å². The zero-order valence-electron chi connectivity index (χ0n) is 26.2. The first-order chi connectivity index (χ1) is 23.1. The minimum absolute atomic E-state index is 0.411. The molecule has 0 heterocycles. The van der Waals surface area contributed by atoms with Gasteiger partial charge in [-0.3, -0.25) is 0 Å². The van der Waals surface area contributed by atoms with Crippen LogP contribution in [0.2, 0.25) is 0 Å². The predicted octanol–water partition coefficient (Wildman–Crippen LogP) is 12.6. The maximum Gasteiger partial charge on any atom is 0.0713 e. The molecule has 0 aromatic heterocycles. The Hall–Kier alpha value is -5.24. The molecule has 0 nitrogen and oxygen atoms in total. The van der Waals surface area contributed by atoms with E-state index in [1.807, 2.05) is 0 Å². The van der Waals surface area contributed by atoms with E-state index in [2.05, 4.69) is 205 Å². The average Bonchev–Trinajstić information content (AvgIpc) is 3.42. The second kappa shape index (κ2) is 12.2. The number of rotatable bonds is 6. The van der Waals surface area contributed by atoms with Crippen LogP contribution in [0.5, 0.6) is 0 Å². The highest BCUT2D eigenvalue weighted by atomic mass is 79.9. The van der Waals surface area contributed by atoms with Crippen molar-refractivity contribution in [2.24, 2.45) is 0 Å². The van der Waals surface area contributed by atoms with Gasteiger partial charge in [-0.05, 0) is 104 Å². The molecule has 7 aromatic carbocycles. The van der Waals surface area contributed by atoms with Crippen molar-refractivity contribution in [1.82, 2.24) is 0 Å². The van der Waals surface area contributed by atoms with E-state index in [9.17, 15) is 0 Å². The van der Waals surface area contributed by atoms with Crippen molar-refractivity contribution in [2.45, 2.75) is 12.3 Å². The lowest BCUT2D eigenvalue weighted by Crippen LogP contribution is -2.28. The van der Waals surface area contributed by atoms with Gasteiger partial charge in [0.2, 0.25) is 0 Å². The Morgan fingerprint density at radius 2 is 1.06 bits per heavy atom. The van der Waals surface area contributed by atoms with Crippen LogP contribution in [0.3, 0.4) is 0 Å². The van der Waals surface area contributed by atoms with Crippen molar-refractivity contribution in [3.8, 4) is 33.4 Å². The number of benzene rings is 7. The third-order valence-corrected chi connectivity index (χ3v) is 10.1. The first-order valence-corrected chi connectivity index (χ1v) is 16.9. The fourth-order valence-corrected chi connectivity index (χ4v) is 7.82. The second-order valence-corrected chi connectivity index (χ2v) is 13.2. The van der Waals surface area contributed by atoms with Gasteiger partial charge in [-0.2, -0.15) is 0 Å². The summed E-state index contributed by atoms with van der Waals surface area (Å²) in [5, 5.41) is 0. The van der Waals surface area contributed by atoms with Gasteiger partial charge in [-0.25, -0.2) is 0 Å². The monoisotopic (exact) mass is 664 g/mol. The first-order valence-electron chi connectivity index (χ1n) is 16.1. The molecule has 0 amide bonds. The molecule has 8 rings (SSSR count). The van der Waals surface area contributed by atoms with Crippen molar-refractivity contribution >= 4 is 28.1 Å². The summed E-state index contributed by atoms with van der Waals surface area (Å²) in [4.78, 5) is 0. The van der Waals surface area contributed by atoms with E-state index in [0.29, 0.717) is 0 Å². The molecule has 0 radical (unpaired) electrons. The molecule has 0 bridgehead atoms. The normalized spacial score (nSPS) is 13.0. The highest BCUT2D eigenvalue weighted by Crippen LogP contribution is 2.56. The fraction of sp³-hybridized carbons (Fsp3) is 0.0435. The molecule has 0 saturated carbocycles. The Bertz CT molecular complexity index is 2220. The van der Waals surface area contributed by atoms with E-state index >= 15 is 0 Å². The lowest BCUT2D eigenvalue weighted by molar-refractivity contribution is 0.768. The standard InChI is InChI=1S/C46H33Br/c1-32-13-8-9-20-40(32)41-28-26-35(34-14-12-19-39(47)31-34)30-36(41)25-23-33-24-27-43-42-21-10-11-22-44(42)46(45(43)29-33,37-15-4-2-5-16-37)38-17-6-3-7-18-38/h2-31H,1H3/b25-23-. The molecule has 7 aromatic rings. The number of fused-ring (bicyclic) bond motifs is 3. The molecule has 0 atom stereocenters. The summed E-state index contributed by atoms with van der Waals surface area (Å²) in [5.41, 5.74) is 15.9. The van der Waals surface area contributed by atoms with Gasteiger partial charge in [0.25, 0.3) is 0 Å². The van der Waals surface area contributed by atoms with Gasteiger partial charge in [0.05, 0.1) is 5.41 Å². The van der Waals surface area contributed by atoms with Gasteiger partial charge in [0.15, 0.2) is 0 Å². The van der Waals surface area contributed by atoms with Crippen LogP contribution < -0.4 is 0 Å². The highest BCUT2D eigenvalue weighted by molar-refractivity contribution is 9.10. The maximum atomic E-state index is 3.66. The topological polar surface area (TPSA) is 0 Å². The molecule has 47 heavy (non-hydrogen) atoms. The van der Waals surface area contributed by atoms with E-state index in [1.54, 1.807) is 0 Å². The summed E-state index contributed by atoms with van der Waals surface area (Å²) in [7, 11) is 0. The number of hydrogen-bond acceptors (Lipinski definition) is 0. The quantitative estimate of drug-likeness (QED) is 0.155. The zero-order chi connectivity index (χ0) is 31.8. The Morgan fingerprint density at radius 1 is 0.447 bits per heavy atom. The van der Waals surface area contributed by atoms with Crippen LogP contribution in [0.25, 0.3) is 45.5 Å². The van der Waals surface area contributed by atoms with Crippen molar-refractivity contribution in [3.63, 3.8) is 0 Å².